The van der Waals surface area contributed by atoms with Crippen molar-refractivity contribution in [3.8, 4) is 0 Å². The maximum absolute atomic E-state index is 12.0. The van der Waals surface area contributed by atoms with Crippen molar-refractivity contribution in [2.75, 3.05) is 0 Å². The molecule has 0 aromatic carbocycles. The van der Waals surface area contributed by atoms with Crippen LogP contribution in [0.2, 0.25) is 0 Å². The van der Waals surface area contributed by atoms with Gasteiger partial charge in [-0.1, -0.05) is 59.8 Å². The zero-order chi connectivity index (χ0) is 18.5. The highest BCUT2D eigenvalue weighted by molar-refractivity contribution is 5.69. The van der Waals surface area contributed by atoms with E-state index in [1.54, 1.807) is 0 Å². The van der Waals surface area contributed by atoms with Crippen LogP contribution in [0, 0.1) is 17.8 Å². The Balaban J connectivity index is 0.00000151. The second-order valence-electron chi connectivity index (χ2n) is 8.21. The number of rotatable bonds is 8. The zero-order valence-electron chi connectivity index (χ0n) is 17.5. The summed E-state index contributed by atoms with van der Waals surface area (Å²) in [6.07, 6.45) is 17.4. The highest BCUT2D eigenvalue weighted by Crippen LogP contribution is 2.37. The van der Waals surface area contributed by atoms with E-state index in [0.29, 0.717) is 6.42 Å². The molecule has 0 radical (unpaired) electrons. The van der Waals surface area contributed by atoms with Crippen molar-refractivity contribution in [1.29, 1.82) is 0 Å². The van der Waals surface area contributed by atoms with E-state index < -0.39 is 0 Å². The minimum Gasteiger partial charge on any atom is -0.462 e. The van der Waals surface area contributed by atoms with E-state index in [0.717, 1.165) is 37.0 Å². The summed E-state index contributed by atoms with van der Waals surface area (Å²) >= 11 is 0. The Morgan fingerprint density at radius 1 is 0.960 bits per heavy atom. The summed E-state index contributed by atoms with van der Waals surface area (Å²) in [4.78, 5) is 12.0. The topological polar surface area (TPSA) is 26.3 Å². The molecule has 2 aliphatic rings. The Morgan fingerprint density at radius 3 is 2.20 bits per heavy atom. The van der Waals surface area contributed by atoms with Gasteiger partial charge in [-0.2, -0.15) is 0 Å². The highest BCUT2D eigenvalue weighted by Gasteiger charge is 2.25. The average Bonchev–Trinajstić information content (AvgIpc) is 2.64. The van der Waals surface area contributed by atoms with E-state index in [4.69, 9.17) is 4.74 Å². The SMILES string of the molecule is CC.CCCC(CCCC(=O)OC1CCCCC1)C1CCC(C)CC1. The molecule has 0 saturated heterocycles. The van der Waals surface area contributed by atoms with Gasteiger partial charge < -0.3 is 4.74 Å². The first-order valence-electron chi connectivity index (χ1n) is 11.4. The highest BCUT2D eigenvalue weighted by atomic mass is 16.5. The monoisotopic (exact) mass is 352 g/mol. The van der Waals surface area contributed by atoms with Crippen molar-refractivity contribution in [1.82, 2.24) is 0 Å². The molecule has 25 heavy (non-hydrogen) atoms. The molecule has 0 heterocycles. The first-order chi connectivity index (χ1) is 12.2. The molecule has 0 N–H and O–H groups in total. The Bertz CT molecular complexity index is 325. The van der Waals surface area contributed by atoms with E-state index in [-0.39, 0.29) is 12.1 Å². The fraction of sp³-hybridized carbons (Fsp3) is 0.957. The van der Waals surface area contributed by atoms with E-state index in [9.17, 15) is 4.79 Å². The number of carbonyl (C=O) groups excluding carboxylic acids is 1. The minimum atomic E-state index is 0.0596. The van der Waals surface area contributed by atoms with Crippen LogP contribution in [-0.4, -0.2) is 12.1 Å². The summed E-state index contributed by atoms with van der Waals surface area (Å²) in [5.41, 5.74) is 0. The van der Waals surface area contributed by atoms with Crippen LogP contribution in [0.1, 0.15) is 118 Å². The van der Waals surface area contributed by atoms with Gasteiger partial charge in [0, 0.05) is 6.42 Å². The van der Waals surface area contributed by atoms with Gasteiger partial charge in [0.1, 0.15) is 6.10 Å². The summed E-state index contributed by atoms with van der Waals surface area (Å²) < 4.78 is 5.65. The van der Waals surface area contributed by atoms with Crippen LogP contribution in [0.3, 0.4) is 0 Å². The minimum absolute atomic E-state index is 0.0596. The molecule has 2 saturated carbocycles. The van der Waals surface area contributed by atoms with Crippen molar-refractivity contribution in [2.45, 2.75) is 124 Å². The molecule has 2 aliphatic carbocycles. The van der Waals surface area contributed by atoms with E-state index >= 15 is 0 Å². The quantitative estimate of drug-likeness (QED) is 0.428. The number of esters is 1. The predicted octanol–water partition coefficient (Wildman–Crippen LogP) is 7.30. The van der Waals surface area contributed by atoms with Crippen LogP contribution in [0.15, 0.2) is 0 Å². The largest absolute Gasteiger partial charge is 0.462 e. The summed E-state index contributed by atoms with van der Waals surface area (Å²) in [5, 5.41) is 0. The number of carbonyl (C=O) groups is 1. The number of hydrogen-bond donors (Lipinski definition) is 0. The van der Waals surface area contributed by atoms with Crippen molar-refractivity contribution in [2.24, 2.45) is 17.8 Å². The molecule has 0 spiro atoms. The third kappa shape index (κ3) is 9.11. The van der Waals surface area contributed by atoms with Gasteiger partial charge in [-0.05, 0) is 69.1 Å². The fourth-order valence-electron chi connectivity index (χ4n) is 4.68. The lowest BCUT2D eigenvalue weighted by Gasteiger charge is -2.33. The third-order valence-electron chi connectivity index (χ3n) is 6.19. The normalized spacial score (nSPS) is 25.6. The van der Waals surface area contributed by atoms with Gasteiger partial charge in [0.05, 0.1) is 0 Å². The molecule has 2 fully saturated rings. The maximum Gasteiger partial charge on any atom is 0.306 e. The Morgan fingerprint density at radius 2 is 1.60 bits per heavy atom. The molecule has 0 amide bonds. The maximum atomic E-state index is 12.0. The second-order valence-corrected chi connectivity index (χ2v) is 8.21. The average molecular weight is 353 g/mol. The van der Waals surface area contributed by atoms with Crippen LogP contribution in [0.4, 0.5) is 0 Å². The van der Waals surface area contributed by atoms with Gasteiger partial charge in [0.25, 0.3) is 0 Å². The van der Waals surface area contributed by atoms with Gasteiger partial charge in [-0.3, -0.25) is 4.79 Å². The third-order valence-corrected chi connectivity index (χ3v) is 6.19. The molecule has 2 nitrogen and oxygen atoms in total. The Kier molecular flexibility index (Phi) is 12.3. The van der Waals surface area contributed by atoms with Crippen molar-refractivity contribution >= 4 is 5.97 Å². The summed E-state index contributed by atoms with van der Waals surface area (Å²) in [5.74, 6) is 2.75. The lowest BCUT2D eigenvalue weighted by molar-refractivity contribution is -0.150. The predicted molar refractivity (Wildman–Crippen MR) is 108 cm³/mol. The Hall–Kier alpha value is -0.530. The van der Waals surface area contributed by atoms with Gasteiger partial charge >= 0.3 is 5.97 Å². The van der Waals surface area contributed by atoms with Gasteiger partial charge in [0.2, 0.25) is 0 Å². The van der Waals surface area contributed by atoms with Crippen molar-refractivity contribution < 1.29 is 9.53 Å². The molecule has 0 bridgehead atoms. The fourth-order valence-corrected chi connectivity index (χ4v) is 4.68. The molecular weight excluding hydrogens is 308 g/mol. The molecule has 0 aromatic heterocycles. The molecule has 0 aliphatic heterocycles. The van der Waals surface area contributed by atoms with Gasteiger partial charge in [-0.15, -0.1) is 0 Å². The zero-order valence-corrected chi connectivity index (χ0v) is 17.5. The summed E-state index contributed by atoms with van der Waals surface area (Å²) in [7, 11) is 0. The molecule has 1 atom stereocenters. The lowest BCUT2D eigenvalue weighted by Crippen LogP contribution is -2.22. The van der Waals surface area contributed by atoms with E-state index in [1.165, 1.54) is 64.2 Å². The number of hydrogen-bond acceptors (Lipinski definition) is 2. The van der Waals surface area contributed by atoms with Crippen molar-refractivity contribution in [3.05, 3.63) is 0 Å². The standard InChI is InChI=1S/C21H38O2.C2H6/c1-3-8-18(19-15-13-17(2)14-16-19)9-7-12-21(22)23-20-10-5-4-6-11-20;1-2/h17-20H,3-16H2,1-2H3;1-2H3. The molecule has 2 rings (SSSR count). The summed E-state index contributed by atoms with van der Waals surface area (Å²) in [6, 6.07) is 0. The van der Waals surface area contributed by atoms with Gasteiger partial charge in [0.15, 0.2) is 0 Å². The molecule has 2 heteroatoms. The lowest BCUT2D eigenvalue weighted by atomic mass is 9.73. The van der Waals surface area contributed by atoms with Crippen LogP contribution in [0.5, 0.6) is 0 Å². The van der Waals surface area contributed by atoms with Gasteiger partial charge in [-0.25, -0.2) is 0 Å². The Labute approximate surface area is 157 Å². The number of ether oxygens (including phenoxy) is 1. The second kappa shape index (κ2) is 13.6. The van der Waals surface area contributed by atoms with E-state index in [1.807, 2.05) is 13.8 Å². The van der Waals surface area contributed by atoms with Crippen LogP contribution >= 0.6 is 0 Å². The van der Waals surface area contributed by atoms with Crippen molar-refractivity contribution in [3.63, 3.8) is 0 Å². The summed E-state index contributed by atoms with van der Waals surface area (Å²) in [6.45, 7) is 8.70. The molecular formula is C23H44O2. The smallest absolute Gasteiger partial charge is 0.306 e. The molecule has 148 valence electrons. The van der Waals surface area contributed by atoms with Crippen LogP contribution in [-0.2, 0) is 9.53 Å². The molecule has 0 aromatic rings. The molecule has 1 unspecified atom stereocenters. The first kappa shape index (κ1) is 22.5. The van der Waals surface area contributed by atoms with Crippen LogP contribution in [0.25, 0.3) is 0 Å². The van der Waals surface area contributed by atoms with E-state index in [2.05, 4.69) is 13.8 Å². The van der Waals surface area contributed by atoms with Crippen LogP contribution < -0.4 is 0 Å². The first-order valence-corrected chi connectivity index (χ1v) is 11.4.